The number of carbonyl (C=O) groups is 1. The van der Waals surface area contributed by atoms with Gasteiger partial charge < -0.3 is 10.6 Å². The molecule has 0 bridgehead atoms. The number of aromatic nitrogens is 2. The summed E-state index contributed by atoms with van der Waals surface area (Å²) in [7, 11) is 0. The number of hydrogen-bond donors (Lipinski definition) is 2. The summed E-state index contributed by atoms with van der Waals surface area (Å²) in [6, 6.07) is 7.62. The topological polar surface area (TPSA) is 59.0 Å². The predicted octanol–water partition coefficient (Wildman–Crippen LogP) is 3.39. The van der Waals surface area contributed by atoms with Gasteiger partial charge in [0.15, 0.2) is 0 Å². The zero-order chi connectivity index (χ0) is 15.2. The van der Waals surface area contributed by atoms with Crippen LogP contribution in [0.4, 0.5) is 11.4 Å². The molecule has 0 radical (unpaired) electrons. The first-order valence-electron chi connectivity index (χ1n) is 6.85. The van der Waals surface area contributed by atoms with Gasteiger partial charge in [0.05, 0.1) is 10.7 Å². The molecule has 0 fully saturated rings. The molecule has 2 aromatic rings. The molecule has 1 amide bonds. The summed E-state index contributed by atoms with van der Waals surface area (Å²) in [5, 5.41) is 10.8. The van der Waals surface area contributed by atoms with E-state index in [2.05, 4.69) is 22.7 Å². The van der Waals surface area contributed by atoms with Gasteiger partial charge in [0.2, 0.25) is 5.91 Å². The van der Waals surface area contributed by atoms with Crippen LogP contribution in [0.2, 0.25) is 5.02 Å². The van der Waals surface area contributed by atoms with Crippen LogP contribution in [0.15, 0.2) is 36.7 Å². The van der Waals surface area contributed by atoms with Crippen molar-refractivity contribution in [2.75, 3.05) is 10.6 Å². The number of benzene rings is 1. The molecule has 1 aromatic carbocycles. The number of halogens is 1. The van der Waals surface area contributed by atoms with Crippen molar-refractivity contribution in [3.63, 3.8) is 0 Å². The molecular weight excluding hydrogens is 288 g/mol. The van der Waals surface area contributed by atoms with Gasteiger partial charge >= 0.3 is 0 Å². The van der Waals surface area contributed by atoms with Crippen LogP contribution in [0, 0.1) is 0 Å². The van der Waals surface area contributed by atoms with E-state index in [0.29, 0.717) is 10.7 Å². The molecule has 0 aliphatic heterocycles. The van der Waals surface area contributed by atoms with E-state index in [-0.39, 0.29) is 11.9 Å². The molecule has 0 saturated heterocycles. The fourth-order valence-electron chi connectivity index (χ4n) is 2.01. The molecule has 1 aromatic heterocycles. The molecular formula is C15H19ClN4O. The van der Waals surface area contributed by atoms with Gasteiger partial charge in [0.1, 0.15) is 0 Å². The van der Waals surface area contributed by atoms with Crippen LogP contribution in [0.3, 0.4) is 0 Å². The minimum Gasteiger partial charge on any atom is -0.381 e. The van der Waals surface area contributed by atoms with Crippen LogP contribution in [0.25, 0.3) is 0 Å². The Morgan fingerprint density at radius 2 is 2.29 bits per heavy atom. The smallest absolute Gasteiger partial charge is 0.221 e. The number of carbonyl (C=O) groups excluding carboxylic acids is 1. The summed E-state index contributed by atoms with van der Waals surface area (Å²) >= 11 is 6.23. The highest BCUT2D eigenvalue weighted by Gasteiger charge is 2.07. The van der Waals surface area contributed by atoms with E-state index in [0.717, 1.165) is 18.7 Å². The number of rotatable bonds is 6. The lowest BCUT2D eigenvalue weighted by atomic mass is 10.2. The monoisotopic (exact) mass is 306 g/mol. The minimum atomic E-state index is -0.112. The molecule has 0 spiro atoms. The Morgan fingerprint density at radius 3 is 2.90 bits per heavy atom. The van der Waals surface area contributed by atoms with E-state index in [1.165, 1.54) is 6.92 Å². The third kappa shape index (κ3) is 4.79. The van der Waals surface area contributed by atoms with Crippen LogP contribution in [-0.4, -0.2) is 21.7 Å². The molecule has 21 heavy (non-hydrogen) atoms. The van der Waals surface area contributed by atoms with Crippen LogP contribution in [-0.2, 0) is 11.3 Å². The van der Waals surface area contributed by atoms with Crippen molar-refractivity contribution in [1.29, 1.82) is 0 Å². The number of nitrogens with one attached hydrogen (secondary N) is 2. The minimum absolute atomic E-state index is 0.112. The Hall–Kier alpha value is -2.01. The van der Waals surface area contributed by atoms with E-state index in [9.17, 15) is 4.79 Å². The lowest BCUT2D eigenvalue weighted by molar-refractivity contribution is -0.114. The molecule has 0 aliphatic rings. The zero-order valence-electron chi connectivity index (χ0n) is 12.1. The molecule has 0 aliphatic carbocycles. The predicted molar refractivity (Wildman–Crippen MR) is 85.7 cm³/mol. The number of amides is 1. The van der Waals surface area contributed by atoms with E-state index in [4.69, 9.17) is 11.6 Å². The second-order valence-electron chi connectivity index (χ2n) is 4.98. The molecule has 5 nitrogen and oxygen atoms in total. The van der Waals surface area contributed by atoms with E-state index < -0.39 is 0 Å². The number of anilines is 2. The van der Waals surface area contributed by atoms with Gasteiger partial charge in [-0.2, -0.15) is 5.10 Å². The Balaban J connectivity index is 1.91. The zero-order valence-corrected chi connectivity index (χ0v) is 12.9. The van der Waals surface area contributed by atoms with Gasteiger partial charge in [-0.25, -0.2) is 0 Å². The molecule has 112 valence electrons. The lowest BCUT2D eigenvalue weighted by Crippen LogP contribution is -2.18. The van der Waals surface area contributed by atoms with E-state index >= 15 is 0 Å². The second-order valence-corrected chi connectivity index (χ2v) is 5.39. The van der Waals surface area contributed by atoms with E-state index in [1.807, 2.05) is 29.1 Å². The van der Waals surface area contributed by atoms with Crippen molar-refractivity contribution in [2.45, 2.75) is 32.9 Å². The normalized spacial score (nSPS) is 12.0. The fraction of sp³-hybridized carbons (Fsp3) is 0.333. The number of hydrogen-bond acceptors (Lipinski definition) is 3. The fourth-order valence-corrected chi connectivity index (χ4v) is 2.24. The van der Waals surface area contributed by atoms with Gasteiger partial charge in [-0.1, -0.05) is 11.6 Å². The van der Waals surface area contributed by atoms with Crippen molar-refractivity contribution in [1.82, 2.24) is 9.78 Å². The molecule has 0 saturated carbocycles. The third-order valence-corrected chi connectivity index (χ3v) is 3.35. The quantitative estimate of drug-likeness (QED) is 0.860. The van der Waals surface area contributed by atoms with Gasteiger partial charge in [-0.3, -0.25) is 9.48 Å². The highest BCUT2D eigenvalue weighted by molar-refractivity contribution is 6.33. The lowest BCUT2D eigenvalue weighted by Gasteiger charge is -2.17. The molecule has 6 heteroatoms. The summed E-state index contributed by atoms with van der Waals surface area (Å²) in [6.45, 7) is 4.42. The highest BCUT2D eigenvalue weighted by atomic mass is 35.5. The summed E-state index contributed by atoms with van der Waals surface area (Å²) in [5.74, 6) is -0.112. The molecule has 2 rings (SSSR count). The molecule has 1 atom stereocenters. The Bertz CT molecular complexity index is 598. The standard InChI is InChI=1S/C15H19ClN4O/c1-11(6-9-20-8-3-7-17-20)18-15-5-4-13(10-14(15)16)19-12(2)21/h3-5,7-8,10-11,18H,6,9H2,1-2H3,(H,19,21). The summed E-state index contributed by atoms with van der Waals surface area (Å²) in [6.07, 6.45) is 4.66. The van der Waals surface area contributed by atoms with Gasteiger partial charge in [-0.15, -0.1) is 0 Å². The molecule has 1 heterocycles. The van der Waals surface area contributed by atoms with Crippen LogP contribution < -0.4 is 10.6 Å². The van der Waals surface area contributed by atoms with Crippen LogP contribution >= 0.6 is 11.6 Å². The third-order valence-electron chi connectivity index (χ3n) is 3.04. The molecule has 1 unspecified atom stereocenters. The number of nitrogens with zero attached hydrogens (tertiary/aromatic N) is 2. The van der Waals surface area contributed by atoms with Crippen molar-refractivity contribution < 1.29 is 4.79 Å². The maximum absolute atomic E-state index is 11.0. The Morgan fingerprint density at radius 1 is 1.48 bits per heavy atom. The number of aryl methyl sites for hydroxylation is 1. The summed E-state index contributed by atoms with van der Waals surface area (Å²) < 4.78 is 1.90. The first-order valence-corrected chi connectivity index (χ1v) is 7.23. The van der Waals surface area contributed by atoms with Crippen LogP contribution in [0.1, 0.15) is 20.3 Å². The second kappa shape index (κ2) is 7.13. The maximum atomic E-state index is 11.0. The van der Waals surface area contributed by atoms with Crippen molar-refractivity contribution >= 4 is 28.9 Å². The van der Waals surface area contributed by atoms with E-state index in [1.54, 1.807) is 12.3 Å². The van der Waals surface area contributed by atoms with Crippen molar-refractivity contribution in [3.05, 3.63) is 41.7 Å². The Kier molecular flexibility index (Phi) is 5.22. The van der Waals surface area contributed by atoms with Gasteiger partial charge in [0.25, 0.3) is 0 Å². The summed E-state index contributed by atoms with van der Waals surface area (Å²) in [4.78, 5) is 11.0. The SMILES string of the molecule is CC(=O)Nc1ccc(NC(C)CCn2cccn2)c(Cl)c1. The van der Waals surface area contributed by atoms with Crippen LogP contribution in [0.5, 0.6) is 0 Å². The maximum Gasteiger partial charge on any atom is 0.221 e. The largest absolute Gasteiger partial charge is 0.381 e. The first kappa shape index (κ1) is 15.4. The van der Waals surface area contributed by atoms with Crippen molar-refractivity contribution in [2.24, 2.45) is 0 Å². The highest BCUT2D eigenvalue weighted by Crippen LogP contribution is 2.26. The van der Waals surface area contributed by atoms with Gasteiger partial charge in [-0.05, 0) is 37.6 Å². The molecule has 2 N–H and O–H groups in total. The first-order chi connectivity index (χ1) is 10.0. The average molecular weight is 307 g/mol. The summed E-state index contributed by atoms with van der Waals surface area (Å²) in [5.41, 5.74) is 1.56. The average Bonchev–Trinajstić information content (AvgIpc) is 2.92. The van der Waals surface area contributed by atoms with Crippen molar-refractivity contribution in [3.8, 4) is 0 Å². The Labute approximate surface area is 129 Å². The van der Waals surface area contributed by atoms with Gasteiger partial charge in [0, 0.05) is 37.6 Å².